The number of aromatic hydroxyl groups is 1. The second-order valence-corrected chi connectivity index (χ2v) is 8.13. The summed E-state index contributed by atoms with van der Waals surface area (Å²) in [5.74, 6) is -0.434. The van der Waals surface area contributed by atoms with Crippen LogP contribution in [0.1, 0.15) is 18.4 Å². The molecular formula is C15H10Br4O4. The average molecular weight is 574 g/mol. The predicted molar refractivity (Wildman–Crippen MR) is 101 cm³/mol. The highest BCUT2D eigenvalue weighted by atomic mass is 79.9. The molecule has 0 aliphatic rings. The van der Waals surface area contributed by atoms with E-state index >= 15 is 0 Å². The van der Waals surface area contributed by atoms with Crippen molar-refractivity contribution in [3.8, 4) is 17.2 Å². The van der Waals surface area contributed by atoms with Gasteiger partial charge in [-0.3, -0.25) is 4.79 Å². The molecule has 1 unspecified atom stereocenters. The van der Waals surface area contributed by atoms with Crippen LogP contribution in [0.2, 0.25) is 0 Å². The number of ether oxygens (including phenoxy) is 1. The monoisotopic (exact) mass is 570 g/mol. The second kappa shape index (κ2) is 7.55. The molecule has 2 N–H and O–H groups in total. The molecule has 0 heterocycles. The molecule has 0 bridgehead atoms. The molecule has 0 spiro atoms. The minimum absolute atomic E-state index is 0.0844. The number of carboxylic acid groups (broad SMARTS) is 1. The molecule has 2 aromatic rings. The summed E-state index contributed by atoms with van der Waals surface area (Å²) in [7, 11) is 0. The number of carboxylic acids is 1. The zero-order chi connectivity index (χ0) is 17.3. The molecule has 23 heavy (non-hydrogen) atoms. The van der Waals surface area contributed by atoms with Gasteiger partial charge in [-0.15, -0.1) is 0 Å². The molecule has 0 radical (unpaired) electrons. The predicted octanol–water partition coefficient (Wildman–Crippen LogP) is 6.42. The lowest BCUT2D eigenvalue weighted by Crippen LogP contribution is -2.07. The van der Waals surface area contributed by atoms with Crippen LogP contribution in [-0.4, -0.2) is 16.2 Å². The standard InChI is InChI=1S/C15H10Br4O4/c1-6(15(21)22)7-2-11(18)14(12(19)3-7)23-8-4-9(16)13(20)10(17)5-8/h2-6,20H,1H3,(H,21,22). The number of halogens is 4. The SMILES string of the molecule is CC(C(=O)O)c1cc(Br)c(Oc2cc(Br)c(O)c(Br)c2)c(Br)c1. The minimum Gasteiger partial charge on any atom is -0.506 e. The molecule has 0 saturated carbocycles. The van der Waals surface area contributed by atoms with Gasteiger partial charge in [0.25, 0.3) is 0 Å². The zero-order valence-corrected chi connectivity index (χ0v) is 18.0. The Morgan fingerprint density at radius 2 is 1.48 bits per heavy atom. The highest BCUT2D eigenvalue weighted by Gasteiger charge is 2.18. The molecule has 0 aliphatic heterocycles. The van der Waals surface area contributed by atoms with Crippen LogP contribution in [0.5, 0.6) is 17.2 Å². The lowest BCUT2D eigenvalue weighted by Gasteiger charge is -2.14. The maximum atomic E-state index is 11.1. The third-order valence-electron chi connectivity index (χ3n) is 3.10. The molecule has 2 rings (SSSR count). The van der Waals surface area contributed by atoms with Crippen LogP contribution in [0.25, 0.3) is 0 Å². The van der Waals surface area contributed by atoms with Crippen molar-refractivity contribution < 1.29 is 19.7 Å². The summed E-state index contributed by atoms with van der Waals surface area (Å²) in [6.45, 7) is 1.62. The number of hydrogen-bond donors (Lipinski definition) is 2. The van der Waals surface area contributed by atoms with E-state index < -0.39 is 11.9 Å². The van der Waals surface area contributed by atoms with E-state index in [0.29, 0.717) is 35.0 Å². The molecule has 2 aromatic carbocycles. The Hall–Kier alpha value is -0.570. The summed E-state index contributed by atoms with van der Waals surface area (Å²) in [5.41, 5.74) is 0.650. The Labute approximate surface area is 166 Å². The van der Waals surface area contributed by atoms with Gasteiger partial charge >= 0.3 is 5.97 Å². The van der Waals surface area contributed by atoms with E-state index in [4.69, 9.17) is 9.84 Å². The molecule has 8 heteroatoms. The number of phenols is 1. The largest absolute Gasteiger partial charge is 0.506 e. The van der Waals surface area contributed by atoms with Gasteiger partial charge in [-0.25, -0.2) is 0 Å². The maximum Gasteiger partial charge on any atom is 0.310 e. The molecule has 122 valence electrons. The smallest absolute Gasteiger partial charge is 0.310 e. The van der Waals surface area contributed by atoms with Crippen LogP contribution in [0.4, 0.5) is 0 Å². The lowest BCUT2D eigenvalue weighted by molar-refractivity contribution is -0.138. The van der Waals surface area contributed by atoms with Crippen molar-refractivity contribution in [1.82, 2.24) is 0 Å². The highest BCUT2D eigenvalue weighted by Crippen LogP contribution is 2.42. The maximum absolute atomic E-state index is 11.1. The number of carbonyl (C=O) groups is 1. The Morgan fingerprint density at radius 3 is 1.91 bits per heavy atom. The highest BCUT2D eigenvalue weighted by molar-refractivity contribution is 9.11. The summed E-state index contributed by atoms with van der Waals surface area (Å²) in [5, 5.41) is 18.8. The molecule has 0 fully saturated rings. The summed E-state index contributed by atoms with van der Waals surface area (Å²) in [6.07, 6.45) is 0. The van der Waals surface area contributed by atoms with E-state index in [1.807, 2.05) is 0 Å². The van der Waals surface area contributed by atoms with Gasteiger partial charge in [-0.1, -0.05) is 0 Å². The third-order valence-corrected chi connectivity index (χ3v) is 5.49. The Morgan fingerprint density at radius 1 is 1.00 bits per heavy atom. The number of hydrogen-bond acceptors (Lipinski definition) is 3. The molecule has 0 aromatic heterocycles. The molecular weight excluding hydrogens is 564 g/mol. The lowest BCUT2D eigenvalue weighted by atomic mass is 10.0. The summed E-state index contributed by atoms with van der Waals surface area (Å²) < 4.78 is 8.06. The average Bonchev–Trinajstić information content (AvgIpc) is 2.47. The minimum atomic E-state index is -0.899. The van der Waals surface area contributed by atoms with Gasteiger partial charge in [0.2, 0.25) is 0 Å². The quantitative estimate of drug-likeness (QED) is 0.443. The van der Waals surface area contributed by atoms with E-state index in [1.165, 1.54) is 0 Å². The number of benzene rings is 2. The second-order valence-electron chi connectivity index (χ2n) is 4.71. The van der Waals surface area contributed by atoms with E-state index in [2.05, 4.69) is 63.7 Å². The molecule has 0 aliphatic carbocycles. The number of rotatable bonds is 4. The van der Waals surface area contributed by atoms with Crippen molar-refractivity contribution in [1.29, 1.82) is 0 Å². The van der Waals surface area contributed by atoms with Crippen LogP contribution in [0.15, 0.2) is 42.2 Å². The van der Waals surface area contributed by atoms with Gasteiger partial charge in [-0.2, -0.15) is 0 Å². The summed E-state index contributed by atoms with van der Waals surface area (Å²) in [6, 6.07) is 6.69. The Bertz CT molecular complexity index is 730. The summed E-state index contributed by atoms with van der Waals surface area (Å²) in [4.78, 5) is 11.1. The van der Waals surface area contributed by atoms with Crippen molar-refractivity contribution in [2.45, 2.75) is 12.8 Å². The fourth-order valence-electron chi connectivity index (χ4n) is 1.79. The molecule has 1 atom stereocenters. The number of phenolic OH excluding ortho intramolecular Hbond substituents is 1. The first-order chi connectivity index (χ1) is 10.7. The first-order valence-electron chi connectivity index (χ1n) is 6.28. The van der Waals surface area contributed by atoms with Gasteiger partial charge in [0.15, 0.2) is 5.75 Å². The van der Waals surface area contributed by atoms with Crippen LogP contribution in [-0.2, 0) is 4.79 Å². The van der Waals surface area contributed by atoms with Gasteiger partial charge in [0, 0.05) is 0 Å². The Kier molecular flexibility index (Phi) is 6.16. The van der Waals surface area contributed by atoms with E-state index in [9.17, 15) is 9.90 Å². The Balaban J connectivity index is 2.40. The van der Waals surface area contributed by atoms with Crippen LogP contribution >= 0.6 is 63.7 Å². The molecule has 0 amide bonds. The summed E-state index contributed by atoms with van der Waals surface area (Å²) >= 11 is 13.3. The van der Waals surface area contributed by atoms with E-state index in [-0.39, 0.29) is 5.75 Å². The van der Waals surface area contributed by atoms with Crippen molar-refractivity contribution in [2.75, 3.05) is 0 Å². The topological polar surface area (TPSA) is 66.8 Å². The third kappa shape index (κ3) is 4.29. The van der Waals surface area contributed by atoms with Gasteiger partial charge in [0.1, 0.15) is 11.5 Å². The van der Waals surface area contributed by atoms with Crippen LogP contribution in [0.3, 0.4) is 0 Å². The van der Waals surface area contributed by atoms with E-state index in [0.717, 1.165) is 0 Å². The molecule has 0 saturated heterocycles. The first kappa shape index (κ1) is 18.8. The van der Waals surface area contributed by atoms with Crippen molar-refractivity contribution in [3.05, 3.63) is 47.7 Å². The van der Waals surface area contributed by atoms with Crippen molar-refractivity contribution in [2.24, 2.45) is 0 Å². The van der Waals surface area contributed by atoms with E-state index in [1.54, 1.807) is 31.2 Å². The van der Waals surface area contributed by atoms with Gasteiger partial charge < -0.3 is 14.9 Å². The van der Waals surface area contributed by atoms with Gasteiger partial charge in [-0.05, 0) is 100 Å². The number of aliphatic carboxylic acids is 1. The fraction of sp³-hybridized carbons (Fsp3) is 0.133. The normalized spacial score (nSPS) is 12.0. The van der Waals surface area contributed by atoms with Crippen LogP contribution < -0.4 is 4.74 Å². The van der Waals surface area contributed by atoms with Crippen molar-refractivity contribution in [3.63, 3.8) is 0 Å². The van der Waals surface area contributed by atoms with Gasteiger partial charge in [0.05, 0.1) is 23.8 Å². The van der Waals surface area contributed by atoms with Crippen LogP contribution in [0, 0.1) is 0 Å². The fourth-order valence-corrected chi connectivity index (χ4v) is 4.32. The molecule has 4 nitrogen and oxygen atoms in total. The first-order valence-corrected chi connectivity index (χ1v) is 9.45. The zero-order valence-electron chi connectivity index (χ0n) is 11.6. The van der Waals surface area contributed by atoms with Crippen molar-refractivity contribution >= 4 is 69.7 Å².